The van der Waals surface area contributed by atoms with Gasteiger partial charge in [-0.1, -0.05) is 39.0 Å². The first-order valence-corrected chi connectivity index (χ1v) is 5.59. The highest BCUT2D eigenvalue weighted by Crippen LogP contribution is 2.29. The monoisotopic (exact) mass is 237 g/mol. The molecule has 2 N–H and O–H groups in total. The molecule has 17 heavy (non-hydrogen) atoms. The van der Waals surface area contributed by atoms with E-state index in [1.54, 1.807) is 0 Å². The van der Waals surface area contributed by atoms with Crippen molar-refractivity contribution in [3.63, 3.8) is 0 Å². The van der Waals surface area contributed by atoms with Crippen LogP contribution in [0.2, 0.25) is 0 Å². The molecule has 0 unspecified atom stereocenters. The van der Waals surface area contributed by atoms with Gasteiger partial charge in [0.2, 0.25) is 0 Å². The second-order valence-electron chi connectivity index (χ2n) is 4.78. The number of rotatable bonds is 3. The summed E-state index contributed by atoms with van der Waals surface area (Å²) in [5, 5.41) is 11.2. The van der Waals surface area contributed by atoms with Crippen molar-refractivity contribution >= 4 is 11.8 Å². The molecule has 4 nitrogen and oxygen atoms in total. The second-order valence-corrected chi connectivity index (χ2v) is 4.78. The lowest BCUT2D eigenvalue weighted by Crippen LogP contribution is -2.20. The fourth-order valence-electron chi connectivity index (χ4n) is 1.53. The van der Waals surface area contributed by atoms with Crippen LogP contribution in [-0.2, 0) is 10.2 Å². The van der Waals surface area contributed by atoms with Crippen LogP contribution in [0, 0.1) is 0 Å². The minimum Gasteiger partial charge on any atom is -0.447 e. The van der Waals surface area contributed by atoms with Crippen molar-refractivity contribution in [1.29, 1.82) is 0 Å². The van der Waals surface area contributed by atoms with Crippen molar-refractivity contribution in [3.05, 3.63) is 29.8 Å². The van der Waals surface area contributed by atoms with Gasteiger partial charge in [-0.2, -0.15) is 0 Å². The average molecular weight is 237 g/mol. The zero-order valence-electron chi connectivity index (χ0n) is 10.5. The predicted molar refractivity (Wildman–Crippen MR) is 67.2 cm³/mol. The molecular formula is C13H19NO3. The van der Waals surface area contributed by atoms with E-state index in [0.717, 1.165) is 11.3 Å². The zero-order chi connectivity index (χ0) is 12.9. The second kappa shape index (κ2) is 5.68. The van der Waals surface area contributed by atoms with E-state index in [2.05, 4.69) is 26.1 Å². The number of hydrogen-bond acceptors (Lipinski definition) is 3. The summed E-state index contributed by atoms with van der Waals surface area (Å²) < 4.78 is 4.76. The summed E-state index contributed by atoms with van der Waals surface area (Å²) in [6, 6.07) is 7.60. The van der Waals surface area contributed by atoms with Gasteiger partial charge in [0.05, 0.1) is 6.61 Å². The summed E-state index contributed by atoms with van der Waals surface area (Å²) in [6.45, 7) is 6.06. The first-order valence-electron chi connectivity index (χ1n) is 5.59. The highest BCUT2D eigenvalue weighted by atomic mass is 16.6. The SMILES string of the molecule is CC(C)(C)c1ccccc1NC(=O)OCCO. The predicted octanol–water partition coefficient (Wildman–Crippen LogP) is 2.52. The molecule has 0 fully saturated rings. The van der Waals surface area contributed by atoms with E-state index in [4.69, 9.17) is 9.84 Å². The van der Waals surface area contributed by atoms with Gasteiger partial charge in [-0.25, -0.2) is 4.79 Å². The number of benzene rings is 1. The maximum Gasteiger partial charge on any atom is 0.411 e. The molecule has 1 aromatic rings. The summed E-state index contributed by atoms with van der Waals surface area (Å²) >= 11 is 0. The van der Waals surface area contributed by atoms with E-state index in [1.807, 2.05) is 24.3 Å². The average Bonchev–Trinajstić information content (AvgIpc) is 2.25. The Balaban J connectivity index is 2.81. The van der Waals surface area contributed by atoms with Gasteiger partial charge in [0.15, 0.2) is 0 Å². The van der Waals surface area contributed by atoms with Crippen LogP contribution < -0.4 is 5.32 Å². The molecule has 0 atom stereocenters. The van der Waals surface area contributed by atoms with Gasteiger partial charge in [-0.05, 0) is 17.0 Å². The van der Waals surface area contributed by atoms with Crippen LogP contribution >= 0.6 is 0 Å². The fourth-order valence-corrected chi connectivity index (χ4v) is 1.53. The molecule has 0 bridgehead atoms. The van der Waals surface area contributed by atoms with Crippen LogP contribution in [0.1, 0.15) is 26.3 Å². The summed E-state index contributed by atoms with van der Waals surface area (Å²) in [7, 11) is 0. The van der Waals surface area contributed by atoms with Crippen LogP contribution in [0.4, 0.5) is 10.5 Å². The molecule has 0 aliphatic heterocycles. The lowest BCUT2D eigenvalue weighted by Gasteiger charge is -2.22. The van der Waals surface area contributed by atoms with E-state index in [1.165, 1.54) is 0 Å². The lowest BCUT2D eigenvalue weighted by atomic mass is 9.86. The molecular weight excluding hydrogens is 218 g/mol. The molecule has 1 aromatic carbocycles. The van der Waals surface area contributed by atoms with Crippen molar-refractivity contribution < 1.29 is 14.6 Å². The van der Waals surface area contributed by atoms with Crippen molar-refractivity contribution in [3.8, 4) is 0 Å². The maximum absolute atomic E-state index is 11.4. The van der Waals surface area contributed by atoms with Gasteiger partial charge in [-0.3, -0.25) is 5.32 Å². The topological polar surface area (TPSA) is 58.6 Å². The number of aliphatic hydroxyl groups is 1. The molecule has 0 saturated heterocycles. The normalized spacial score (nSPS) is 11.1. The molecule has 0 aromatic heterocycles. The third kappa shape index (κ3) is 4.07. The molecule has 0 aliphatic carbocycles. The number of aliphatic hydroxyl groups excluding tert-OH is 1. The third-order valence-electron chi connectivity index (χ3n) is 2.30. The number of carbonyl (C=O) groups excluding carboxylic acids is 1. The van der Waals surface area contributed by atoms with E-state index in [-0.39, 0.29) is 18.6 Å². The van der Waals surface area contributed by atoms with Gasteiger partial charge >= 0.3 is 6.09 Å². The number of amides is 1. The Morgan fingerprint density at radius 1 is 1.35 bits per heavy atom. The number of hydrogen-bond donors (Lipinski definition) is 2. The molecule has 1 rings (SSSR count). The molecule has 0 aliphatic rings. The summed E-state index contributed by atoms with van der Waals surface area (Å²) in [4.78, 5) is 11.4. The van der Waals surface area contributed by atoms with Gasteiger partial charge in [-0.15, -0.1) is 0 Å². The Kier molecular flexibility index (Phi) is 4.52. The number of anilines is 1. The fraction of sp³-hybridized carbons (Fsp3) is 0.462. The van der Waals surface area contributed by atoms with Crippen LogP contribution in [0.15, 0.2) is 24.3 Å². The molecule has 0 radical (unpaired) electrons. The summed E-state index contributed by atoms with van der Waals surface area (Å²) in [6.07, 6.45) is -0.546. The number of nitrogens with one attached hydrogen (secondary N) is 1. The zero-order valence-corrected chi connectivity index (χ0v) is 10.5. The minimum atomic E-state index is -0.546. The van der Waals surface area contributed by atoms with Crippen molar-refractivity contribution in [2.45, 2.75) is 26.2 Å². The van der Waals surface area contributed by atoms with E-state index in [0.29, 0.717) is 0 Å². The van der Waals surface area contributed by atoms with Gasteiger partial charge < -0.3 is 9.84 Å². The quantitative estimate of drug-likeness (QED) is 0.849. The Bertz CT molecular complexity index is 382. The molecule has 0 spiro atoms. The highest BCUT2D eigenvalue weighted by Gasteiger charge is 2.18. The summed E-state index contributed by atoms with van der Waals surface area (Å²) in [5.41, 5.74) is 1.73. The molecule has 0 saturated carbocycles. The molecule has 94 valence electrons. The Labute approximate surface area is 102 Å². The van der Waals surface area contributed by atoms with Gasteiger partial charge in [0, 0.05) is 5.69 Å². The smallest absolute Gasteiger partial charge is 0.411 e. The molecule has 1 amide bonds. The van der Waals surface area contributed by atoms with Crippen LogP contribution in [0.25, 0.3) is 0 Å². The maximum atomic E-state index is 11.4. The molecule has 0 heterocycles. The van der Waals surface area contributed by atoms with Crippen molar-refractivity contribution in [2.24, 2.45) is 0 Å². The van der Waals surface area contributed by atoms with Gasteiger partial charge in [0.1, 0.15) is 6.61 Å². The minimum absolute atomic E-state index is 0.00349. The third-order valence-corrected chi connectivity index (χ3v) is 2.30. The first-order chi connectivity index (χ1) is 7.95. The van der Waals surface area contributed by atoms with Gasteiger partial charge in [0.25, 0.3) is 0 Å². The van der Waals surface area contributed by atoms with Crippen LogP contribution in [-0.4, -0.2) is 24.4 Å². The van der Waals surface area contributed by atoms with E-state index in [9.17, 15) is 4.79 Å². The van der Waals surface area contributed by atoms with E-state index < -0.39 is 6.09 Å². The van der Waals surface area contributed by atoms with Crippen LogP contribution in [0.5, 0.6) is 0 Å². The summed E-state index contributed by atoms with van der Waals surface area (Å²) in [5.74, 6) is 0. The first kappa shape index (κ1) is 13.5. The van der Waals surface area contributed by atoms with Crippen molar-refractivity contribution in [2.75, 3.05) is 18.5 Å². The Morgan fingerprint density at radius 2 is 2.00 bits per heavy atom. The Hall–Kier alpha value is -1.55. The highest BCUT2D eigenvalue weighted by molar-refractivity contribution is 5.86. The lowest BCUT2D eigenvalue weighted by molar-refractivity contribution is 0.131. The van der Waals surface area contributed by atoms with Crippen LogP contribution in [0.3, 0.4) is 0 Å². The number of ether oxygens (including phenoxy) is 1. The number of carbonyl (C=O) groups is 1. The van der Waals surface area contributed by atoms with E-state index >= 15 is 0 Å². The Morgan fingerprint density at radius 3 is 2.59 bits per heavy atom. The largest absolute Gasteiger partial charge is 0.447 e. The molecule has 4 heteroatoms. The van der Waals surface area contributed by atoms with Crippen molar-refractivity contribution in [1.82, 2.24) is 0 Å². The number of para-hydroxylation sites is 1. The standard InChI is InChI=1S/C13H19NO3/c1-13(2,3)10-6-4-5-7-11(10)14-12(16)17-9-8-15/h4-7,15H,8-9H2,1-3H3,(H,14,16).